The van der Waals surface area contributed by atoms with E-state index < -0.39 is 24.3 Å². The van der Waals surface area contributed by atoms with E-state index in [-0.39, 0.29) is 12.3 Å². The number of carbonyl (C=O) groups is 1. The van der Waals surface area contributed by atoms with Crippen molar-refractivity contribution in [1.29, 1.82) is 5.41 Å². The first-order valence-corrected chi connectivity index (χ1v) is 7.81. The lowest BCUT2D eigenvalue weighted by Gasteiger charge is -2.32. The van der Waals surface area contributed by atoms with Gasteiger partial charge in [-0.2, -0.15) is 0 Å². The van der Waals surface area contributed by atoms with Crippen LogP contribution in [-0.4, -0.2) is 36.6 Å². The summed E-state index contributed by atoms with van der Waals surface area (Å²) in [4.78, 5) is 11.9. The van der Waals surface area contributed by atoms with E-state index in [9.17, 15) is 4.79 Å². The first-order valence-electron chi connectivity index (χ1n) is 7.81. The van der Waals surface area contributed by atoms with E-state index in [4.69, 9.17) is 19.5 Å². The molecule has 6 heteroatoms. The summed E-state index contributed by atoms with van der Waals surface area (Å²) < 4.78 is 17.1. The van der Waals surface area contributed by atoms with Gasteiger partial charge in [0.15, 0.2) is 0 Å². The molecule has 1 aromatic rings. The van der Waals surface area contributed by atoms with Crippen molar-refractivity contribution in [3.8, 4) is 0 Å². The molecular weight excluding hydrogens is 293 g/mol. The van der Waals surface area contributed by atoms with Crippen molar-refractivity contribution in [2.45, 2.75) is 52.7 Å². The van der Waals surface area contributed by atoms with E-state index in [1.807, 2.05) is 46.8 Å². The molecule has 0 bridgehead atoms. The zero-order valence-corrected chi connectivity index (χ0v) is 14.6. The SMILES string of the molecule is CCOC(=O)C(=N)c1cc(C)ccc1B1OC(C)(C)C(C)(C)O1. The molecule has 1 heterocycles. The van der Waals surface area contributed by atoms with Gasteiger partial charge in [-0.05, 0) is 53.1 Å². The second-order valence-corrected chi connectivity index (χ2v) is 6.77. The Kier molecular flexibility index (Phi) is 4.69. The highest BCUT2D eigenvalue weighted by Gasteiger charge is 2.52. The van der Waals surface area contributed by atoms with Gasteiger partial charge in [-0.1, -0.05) is 17.7 Å². The smallest absolute Gasteiger partial charge is 0.461 e. The standard InChI is InChI=1S/C17H24BNO4/c1-7-21-15(20)14(19)12-10-11(2)8-9-13(12)18-22-16(3,4)17(5,6)23-18/h8-10,19H,7H2,1-6H3. The first-order chi connectivity index (χ1) is 10.6. The lowest BCUT2D eigenvalue weighted by molar-refractivity contribution is -0.135. The number of esters is 1. The van der Waals surface area contributed by atoms with Crippen LogP contribution in [0.25, 0.3) is 0 Å². The van der Waals surface area contributed by atoms with Crippen LogP contribution in [-0.2, 0) is 18.8 Å². The maximum Gasteiger partial charge on any atom is 0.495 e. The molecule has 1 aliphatic heterocycles. The normalized spacial score (nSPS) is 18.8. The van der Waals surface area contributed by atoms with Crippen LogP contribution in [0.3, 0.4) is 0 Å². The summed E-state index contributed by atoms with van der Waals surface area (Å²) >= 11 is 0. The molecule has 0 atom stereocenters. The van der Waals surface area contributed by atoms with E-state index in [1.165, 1.54) is 0 Å². The van der Waals surface area contributed by atoms with Crippen LogP contribution >= 0.6 is 0 Å². The Morgan fingerprint density at radius 3 is 2.30 bits per heavy atom. The molecule has 0 radical (unpaired) electrons. The lowest BCUT2D eigenvalue weighted by Crippen LogP contribution is -2.41. The Balaban J connectivity index is 2.41. The van der Waals surface area contributed by atoms with Gasteiger partial charge in [-0.25, -0.2) is 4.79 Å². The molecule has 1 saturated heterocycles. The van der Waals surface area contributed by atoms with Crippen molar-refractivity contribution in [2.75, 3.05) is 6.61 Å². The van der Waals surface area contributed by atoms with Crippen LogP contribution in [0.1, 0.15) is 45.7 Å². The van der Waals surface area contributed by atoms with Gasteiger partial charge in [0, 0.05) is 5.56 Å². The largest absolute Gasteiger partial charge is 0.495 e. The summed E-state index contributed by atoms with van der Waals surface area (Å²) in [7, 11) is -0.620. The number of hydrogen-bond donors (Lipinski definition) is 1. The third-order valence-electron chi connectivity index (χ3n) is 4.46. The van der Waals surface area contributed by atoms with Crippen molar-refractivity contribution >= 4 is 24.3 Å². The minimum atomic E-state index is -0.643. The number of nitrogens with one attached hydrogen (secondary N) is 1. The lowest BCUT2D eigenvalue weighted by atomic mass is 9.74. The van der Waals surface area contributed by atoms with Crippen LogP contribution in [0.5, 0.6) is 0 Å². The minimum Gasteiger partial charge on any atom is -0.461 e. The predicted octanol–water partition coefficient (Wildman–Crippen LogP) is 2.23. The molecule has 0 aliphatic carbocycles. The third kappa shape index (κ3) is 3.33. The molecule has 1 aliphatic rings. The monoisotopic (exact) mass is 317 g/mol. The molecule has 1 fully saturated rings. The third-order valence-corrected chi connectivity index (χ3v) is 4.46. The Hall–Kier alpha value is -1.66. The fraction of sp³-hybridized carbons (Fsp3) is 0.529. The minimum absolute atomic E-state index is 0.180. The zero-order valence-electron chi connectivity index (χ0n) is 14.6. The van der Waals surface area contributed by atoms with Crippen LogP contribution < -0.4 is 5.46 Å². The van der Waals surface area contributed by atoms with E-state index in [2.05, 4.69) is 0 Å². The summed E-state index contributed by atoms with van der Waals surface area (Å²) in [6.45, 7) is 11.7. The number of aryl methyl sites for hydroxylation is 1. The molecule has 0 aromatic heterocycles. The van der Waals surface area contributed by atoms with Crippen molar-refractivity contribution in [3.63, 3.8) is 0 Å². The zero-order chi connectivity index (χ0) is 17.4. The Labute approximate surface area is 138 Å². The number of hydrogen-bond acceptors (Lipinski definition) is 5. The fourth-order valence-corrected chi connectivity index (χ4v) is 2.38. The number of ether oxygens (including phenoxy) is 1. The quantitative estimate of drug-likeness (QED) is 0.525. The molecular formula is C17H24BNO4. The second-order valence-electron chi connectivity index (χ2n) is 6.77. The summed E-state index contributed by atoms with van der Waals surface area (Å²) in [6.07, 6.45) is 0. The maximum absolute atomic E-state index is 11.9. The molecule has 124 valence electrons. The average Bonchev–Trinajstić information content (AvgIpc) is 2.66. The van der Waals surface area contributed by atoms with Crippen LogP contribution in [0.2, 0.25) is 0 Å². The Morgan fingerprint density at radius 1 is 1.22 bits per heavy atom. The van der Waals surface area contributed by atoms with Crippen LogP contribution in [0.4, 0.5) is 0 Å². The summed E-state index contributed by atoms with van der Waals surface area (Å²) in [5.41, 5.74) is 0.974. The van der Waals surface area contributed by atoms with Crippen molar-refractivity contribution in [1.82, 2.24) is 0 Å². The highest BCUT2D eigenvalue weighted by atomic mass is 16.7. The topological polar surface area (TPSA) is 68.6 Å². The molecule has 23 heavy (non-hydrogen) atoms. The molecule has 0 unspecified atom stereocenters. The van der Waals surface area contributed by atoms with Gasteiger partial charge in [0.05, 0.1) is 17.8 Å². The van der Waals surface area contributed by atoms with Crippen LogP contribution in [0.15, 0.2) is 18.2 Å². The molecule has 0 spiro atoms. The maximum atomic E-state index is 11.9. The molecule has 2 rings (SSSR count). The van der Waals surface area contributed by atoms with Crippen molar-refractivity contribution in [3.05, 3.63) is 29.3 Å². The summed E-state index contributed by atoms with van der Waals surface area (Å²) in [5, 5.41) is 8.15. The van der Waals surface area contributed by atoms with Gasteiger partial charge in [-0.3, -0.25) is 5.41 Å². The fourth-order valence-electron chi connectivity index (χ4n) is 2.38. The van der Waals surface area contributed by atoms with Gasteiger partial charge in [0.2, 0.25) is 0 Å². The van der Waals surface area contributed by atoms with Crippen molar-refractivity contribution < 1.29 is 18.8 Å². The van der Waals surface area contributed by atoms with E-state index in [0.29, 0.717) is 11.0 Å². The van der Waals surface area contributed by atoms with Gasteiger partial charge in [-0.15, -0.1) is 0 Å². The molecule has 0 saturated carbocycles. The Bertz CT molecular complexity index is 623. The van der Waals surface area contributed by atoms with E-state index >= 15 is 0 Å². The Morgan fingerprint density at radius 2 is 1.78 bits per heavy atom. The molecule has 5 nitrogen and oxygen atoms in total. The van der Waals surface area contributed by atoms with E-state index in [0.717, 1.165) is 5.56 Å². The average molecular weight is 317 g/mol. The molecule has 0 amide bonds. The second kappa shape index (κ2) is 6.09. The van der Waals surface area contributed by atoms with E-state index in [1.54, 1.807) is 13.0 Å². The first kappa shape index (κ1) is 17.7. The number of carbonyl (C=O) groups excluding carboxylic acids is 1. The molecule has 1 N–H and O–H groups in total. The summed E-state index contributed by atoms with van der Waals surface area (Å²) in [5.74, 6) is -0.643. The highest BCUT2D eigenvalue weighted by Crippen LogP contribution is 2.36. The summed E-state index contributed by atoms with van der Waals surface area (Å²) in [6, 6.07) is 5.56. The number of rotatable bonds is 4. The van der Waals surface area contributed by atoms with Gasteiger partial charge in [0.1, 0.15) is 5.71 Å². The van der Waals surface area contributed by atoms with Crippen LogP contribution in [0, 0.1) is 12.3 Å². The van der Waals surface area contributed by atoms with Gasteiger partial charge >= 0.3 is 13.1 Å². The predicted molar refractivity (Wildman–Crippen MR) is 90.4 cm³/mol. The molecule has 1 aromatic carbocycles. The van der Waals surface area contributed by atoms with Crippen molar-refractivity contribution in [2.24, 2.45) is 0 Å². The number of benzene rings is 1. The highest BCUT2D eigenvalue weighted by molar-refractivity contribution is 6.65. The van der Waals surface area contributed by atoms with Gasteiger partial charge < -0.3 is 14.0 Å². The van der Waals surface area contributed by atoms with Gasteiger partial charge in [0.25, 0.3) is 0 Å².